The number of hydrogen-bond donors (Lipinski definition) is 1. The van der Waals surface area contributed by atoms with E-state index in [1.807, 2.05) is 13.0 Å². The van der Waals surface area contributed by atoms with E-state index in [1.165, 1.54) is 0 Å². The maximum atomic E-state index is 9.95. The van der Waals surface area contributed by atoms with Gasteiger partial charge in [0, 0.05) is 37.3 Å². The average Bonchev–Trinajstić information content (AvgIpc) is 2.98. The molecular weight excluding hydrogens is 282 g/mol. The lowest BCUT2D eigenvalue weighted by atomic mass is 10.2. The molecule has 0 aromatic heterocycles. The highest BCUT2D eigenvalue weighted by Gasteiger charge is 2.32. The van der Waals surface area contributed by atoms with Gasteiger partial charge in [0.15, 0.2) is 11.5 Å². The molecule has 0 aliphatic carbocycles. The number of aliphatic hydroxyl groups is 1. The Balaban J connectivity index is 1.70. The largest absolute Gasteiger partial charge is 0.454 e. The molecule has 0 amide bonds. The first-order valence-electron chi connectivity index (χ1n) is 6.77. The van der Waals surface area contributed by atoms with Crippen LogP contribution in [0.25, 0.3) is 0 Å². The van der Waals surface area contributed by atoms with E-state index in [1.54, 1.807) is 6.07 Å². The Morgan fingerprint density at radius 1 is 1.35 bits per heavy atom. The van der Waals surface area contributed by atoms with Gasteiger partial charge in [0.05, 0.1) is 12.2 Å². The summed E-state index contributed by atoms with van der Waals surface area (Å²) in [6.45, 7) is 4.75. The highest BCUT2D eigenvalue weighted by atomic mass is 35.5. The van der Waals surface area contributed by atoms with E-state index < -0.39 is 6.10 Å². The molecule has 20 heavy (non-hydrogen) atoms. The molecule has 2 aliphatic rings. The molecule has 1 aromatic carbocycles. The van der Waals surface area contributed by atoms with Crippen LogP contribution in [0.4, 0.5) is 0 Å². The lowest BCUT2D eigenvalue weighted by Gasteiger charge is -2.16. The van der Waals surface area contributed by atoms with Crippen LogP contribution >= 0.6 is 11.6 Å². The van der Waals surface area contributed by atoms with Crippen molar-refractivity contribution >= 4 is 11.6 Å². The SMILES string of the molecule is CCO[C@@H]1CN(Cc2cc3c(cc2Cl)OCO3)C[C@H]1O. The Hall–Kier alpha value is -1.01. The summed E-state index contributed by atoms with van der Waals surface area (Å²) in [7, 11) is 0. The number of nitrogens with zero attached hydrogens (tertiary/aromatic N) is 1. The molecular formula is C14H18ClNO4. The van der Waals surface area contributed by atoms with Gasteiger partial charge in [-0.05, 0) is 18.6 Å². The van der Waals surface area contributed by atoms with Crippen molar-refractivity contribution in [1.82, 2.24) is 4.90 Å². The van der Waals surface area contributed by atoms with Gasteiger partial charge in [0.1, 0.15) is 0 Å². The van der Waals surface area contributed by atoms with Crippen LogP contribution in [0.3, 0.4) is 0 Å². The van der Waals surface area contributed by atoms with Crippen LogP contribution in [-0.4, -0.2) is 48.7 Å². The van der Waals surface area contributed by atoms with Crippen molar-refractivity contribution in [2.75, 3.05) is 26.5 Å². The molecule has 6 heteroatoms. The fourth-order valence-electron chi connectivity index (χ4n) is 2.66. The highest BCUT2D eigenvalue weighted by Crippen LogP contribution is 2.37. The summed E-state index contributed by atoms with van der Waals surface area (Å²) in [5, 5.41) is 10.6. The van der Waals surface area contributed by atoms with Gasteiger partial charge in [0.2, 0.25) is 6.79 Å². The third-order valence-corrected chi connectivity index (χ3v) is 3.98. The molecule has 0 unspecified atom stereocenters. The van der Waals surface area contributed by atoms with Crippen LogP contribution in [0.15, 0.2) is 12.1 Å². The van der Waals surface area contributed by atoms with Gasteiger partial charge >= 0.3 is 0 Å². The molecule has 0 bridgehead atoms. The fraction of sp³-hybridized carbons (Fsp3) is 0.571. The molecule has 0 radical (unpaired) electrons. The van der Waals surface area contributed by atoms with E-state index in [4.69, 9.17) is 25.8 Å². The van der Waals surface area contributed by atoms with Crippen molar-refractivity contribution in [2.24, 2.45) is 0 Å². The predicted molar refractivity (Wildman–Crippen MR) is 74.3 cm³/mol. The number of likely N-dealkylation sites (tertiary alicyclic amines) is 1. The van der Waals surface area contributed by atoms with Crippen LogP contribution in [-0.2, 0) is 11.3 Å². The second-order valence-corrected chi connectivity index (χ2v) is 5.46. The van der Waals surface area contributed by atoms with Crippen LogP contribution in [0, 0.1) is 0 Å². The van der Waals surface area contributed by atoms with Gasteiger partial charge in [-0.25, -0.2) is 0 Å². The molecule has 2 atom stereocenters. The Morgan fingerprint density at radius 2 is 2.10 bits per heavy atom. The van der Waals surface area contributed by atoms with E-state index in [-0.39, 0.29) is 12.9 Å². The summed E-state index contributed by atoms with van der Waals surface area (Å²) < 4.78 is 16.2. The Kier molecular flexibility index (Phi) is 4.03. The predicted octanol–water partition coefficient (Wildman–Crippen LogP) is 1.65. The minimum Gasteiger partial charge on any atom is -0.454 e. The van der Waals surface area contributed by atoms with Crippen LogP contribution in [0.1, 0.15) is 12.5 Å². The van der Waals surface area contributed by atoms with Gasteiger partial charge < -0.3 is 19.3 Å². The second-order valence-electron chi connectivity index (χ2n) is 5.05. The minimum atomic E-state index is -0.442. The number of β-amino-alcohol motifs (C(OH)–C–C–N with tert-alkyl or cyclic N) is 1. The summed E-state index contributed by atoms with van der Waals surface area (Å²) in [4.78, 5) is 2.13. The monoisotopic (exact) mass is 299 g/mol. The summed E-state index contributed by atoms with van der Waals surface area (Å²) in [6, 6.07) is 3.69. The first-order valence-corrected chi connectivity index (χ1v) is 7.15. The van der Waals surface area contributed by atoms with Gasteiger partial charge in [-0.15, -0.1) is 0 Å². The molecule has 0 saturated carbocycles. The normalized spacial score (nSPS) is 25.4. The number of halogens is 1. The molecule has 1 saturated heterocycles. The summed E-state index contributed by atoms with van der Waals surface area (Å²) in [6.07, 6.45) is -0.560. The lowest BCUT2D eigenvalue weighted by molar-refractivity contribution is -0.00245. The first-order chi connectivity index (χ1) is 9.67. The fourth-order valence-corrected chi connectivity index (χ4v) is 2.87. The highest BCUT2D eigenvalue weighted by molar-refractivity contribution is 6.31. The average molecular weight is 300 g/mol. The Morgan fingerprint density at radius 3 is 2.85 bits per heavy atom. The smallest absolute Gasteiger partial charge is 0.231 e. The summed E-state index contributed by atoms with van der Waals surface area (Å²) >= 11 is 6.26. The quantitative estimate of drug-likeness (QED) is 0.916. The lowest BCUT2D eigenvalue weighted by Crippen LogP contribution is -2.26. The summed E-state index contributed by atoms with van der Waals surface area (Å²) in [5.41, 5.74) is 0.972. The third-order valence-electron chi connectivity index (χ3n) is 3.63. The van der Waals surface area contributed by atoms with Gasteiger partial charge in [-0.3, -0.25) is 4.90 Å². The molecule has 1 N–H and O–H groups in total. The number of benzene rings is 1. The number of rotatable bonds is 4. The maximum absolute atomic E-state index is 9.95. The van der Waals surface area contributed by atoms with Gasteiger partial charge in [0.25, 0.3) is 0 Å². The van der Waals surface area contributed by atoms with Crippen molar-refractivity contribution in [3.05, 3.63) is 22.7 Å². The Bertz CT molecular complexity index is 496. The molecule has 1 fully saturated rings. The van der Waals surface area contributed by atoms with Gasteiger partial charge in [-0.2, -0.15) is 0 Å². The zero-order valence-electron chi connectivity index (χ0n) is 11.3. The zero-order valence-corrected chi connectivity index (χ0v) is 12.1. The van der Waals surface area contributed by atoms with E-state index in [9.17, 15) is 5.11 Å². The van der Waals surface area contributed by atoms with E-state index in [0.717, 1.165) is 11.3 Å². The topological polar surface area (TPSA) is 51.2 Å². The van der Waals surface area contributed by atoms with Crippen LogP contribution in [0.5, 0.6) is 11.5 Å². The molecule has 2 aliphatic heterocycles. The summed E-state index contributed by atoms with van der Waals surface area (Å²) in [5.74, 6) is 1.41. The van der Waals surface area contributed by atoms with Crippen molar-refractivity contribution in [3.8, 4) is 11.5 Å². The number of fused-ring (bicyclic) bond motifs is 1. The molecule has 1 aromatic rings. The number of aliphatic hydroxyl groups excluding tert-OH is 1. The number of ether oxygens (including phenoxy) is 3. The number of hydrogen-bond acceptors (Lipinski definition) is 5. The first kappa shape index (κ1) is 13.9. The van der Waals surface area contributed by atoms with Crippen LogP contribution in [0.2, 0.25) is 5.02 Å². The molecule has 110 valence electrons. The maximum Gasteiger partial charge on any atom is 0.231 e. The molecule has 3 rings (SSSR count). The third kappa shape index (κ3) is 2.72. The van der Waals surface area contributed by atoms with Crippen molar-refractivity contribution in [2.45, 2.75) is 25.7 Å². The standard InChI is InChI=1S/C14H18ClNO4/c1-2-18-14-7-16(6-11(14)17)5-9-3-12-13(4-10(9)15)20-8-19-12/h3-4,11,14,17H,2,5-8H2,1H3/t11-,14-/m1/s1. The van der Waals surface area contributed by atoms with E-state index in [0.29, 0.717) is 37.0 Å². The zero-order chi connectivity index (χ0) is 14.1. The Labute approximate surface area is 123 Å². The van der Waals surface area contributed by atoms with Crippen molar-refractivity contribution < 1.29 is 19.3 Å². The van der Waals surface area contributed by atoms with Crippen molar-refractivity contribution in [1.29, 1.82) is 0 Å². The molecule has 2 heterocycles. The molecule has 0 spiro atoms. The van der Waals surface area contributed by atoms with Gasteiger partial charge in [-0.1, -0.05) is 11.6 Å². The second kappa shape index (κ2) is 5.77. The minimum absolute atomic E-state index is 0.118. The van der Waals surface area contributed by atoms with Crippen LogP contribution < -0.4 is 9.47 Å². The van der Waals surface area contributed by atoms with E-state index >= 15 is 0 Å². The van der Waals surface area contributed by atoms with E-state index in [2.05, 4.69) is 4.90 Å². The van der Waals surface area contributed by atoms with Crippen molar-refractivity contribution in [3.63, 3.8) is 0 Å². The molecule has 5 nitrogen and oxygen atoms in total.